The molecule has 1 aromatic heterocycles. The van der Waals surface area contributed by atoms with Crippen molar-refractivity contribution in [3.63, 3.8) is 0 Å². The summed E-state index contributed by atoms with van der Waals surface area (Å²) in [5.74, 6) is 0.0228. The molecule has 0 spiro atoms. The smallest absolute Gasteiger partial charge is 0.340 e. The maximum absolute atomic E-state index is 12.5. The first kappa shape index (κ1) is 18.5. The van der Waals surface area contributed by atoms with Gasteiger partial charge >= 0.3 is 11.6 Å². The highest BCUT2D eigenvalue weighted by molar-refractivity contribution is 5.95. The Kier molecular flexibility index (Phi) is 5.73. The second-order valence-corrected chi connectivity index (χ2v) is 5.72. The topological polar surface area (TPSA) is 98.0 Å². The van der Waals surface area contributed by atoms with E-state index in [-0.39, 0.29) is 13.2 Å². The third-order valence-electron chi connectivity index (χ3n) is 3.97. The molecule has 0 saturated heterocycles. The predicted molar refractivity (Wildman–Crippen MR) is 100 cm³/mol. The van der Waals surface area contributed by atoms with E-state index in [4.69, 9.17) is 19.0 Å². The lowest BCUT2D eigenvalue weighted by Gasteiger charge is -2.12. The number of ether oxygens (including phenoxy) is 2. The molecule has 3 aromatic rings. The third-order valence-corrected chi connectivity index (χ3v) is 3.97. The largest absolute Gasteiger partial charge is 0.497 e. The van der Waals surface area contributed by atoms with Crippen molar-refractivity contribution in [3.05, 3.63) is 70.1 Å². The number of anilines is 1. The van der Waals surface area contributed by atoms with Gasteiger partial charge in [-0.1, -0.05) is 12.1 Å². The minimum atomic E-state index is -0.536. The highest BCUT2D eigenvalue weighted by Crippen LogP contribution is 2.24. The molecule has 0 amide bonds. The first-order chi connectivity index (χ1) is 13.1. The summed E-state index contributed by atoms with van der Waals surface area (Å²) < 4.78 is 15.7. The van der Waals surface area contributed by atoms with Crippen molar-refractivity contribution in [3.8, 4) is 5.75 Å². The van der Waals surface area contributed by atoms with Crippen molar-refractivity contribution < 1.29 is 23.8 Å². The van der Waals surface area contributed by atoms with Gasteiger partial charge in [0.05, 0.1) is 19.3 Å². The Morgan fingerprint density at radius 3 is 2.78 bits per heavy atom. The van der Waals surface area contributed by atoms with E-state index in [2.05, 4.69) is 5.32 Å². The Morgan fingerprint density at radius 2 is 2.00 bits per heavy atom. The van der Waals surface area contributed by atoms with Crippen molar-refractivity contribution in [2.75, 3.05) is 25.6 Å². The molecule has 27 heavy (non-hydrogen) atoms. The van der Waals surface area contributed by atoms with Crippen molar-refractivity contribution in [1.29, 1.82) is 0 Å². The highest BCUT2D eigenvalue weighted by atomic mass is 16.5. The van der Waals surface area contributed by atoms with E-state index in [1.807, 2.05) is 0 Å². The number of fused-ring (bicyclic) bond motifs is 1. The second-order valence-electron chi connectivity index (χ2n) is 5.72. The molecule has 3 rings (SSSR count). The number of hydrogen-bond acceptors (Lipinski definition) is 7. The van der Waals surface area contributed by atoms with Gasteiger partial charge in [0.15, 0.2) is 0 Å². The van der Waals surface area contributed by atoms with E-state index in [0.29, 0.717) is 40.1 Å². The van der Waals surface area contributed by atoms with E-state index < -0.39 is 11.6 Å². The molecule has 0 fully saturated rings. The Morgan fingerprint density at radius 1 is 1.19 bits per heavy atom. The molecule has 0 aliphatic carbocycles. The quantitative estimate of drug-likeness (QED) is 0.488. The van der Waals surface area contributed by atoms with Crippen LogP contribution in [-0.4, -0.2) is 31.3 Å². The molecule has 7 heteroatoms. The summed E-state index contributed by atoms with van der Waals surface area (Å²) >= 11 is 0. The average molecular weight is 369 g/mol. The van der Waals surface area contributed by atoms with Gasteiger partial charge in [-0.2, -0.15) is 0 Å². The third kappa shape index (κ3) is 4.27. The maximum Gasteiger partial charge on any atom is 0.340 e. The van der Waals surface area contributed by atoms with Gasteiger partial charge in [-0.25, -0.2) is 9.59 Å². The van der Waals surface area contributed by atoms with Gasteiger partial charge in [-0.15, -0.1) is 0 Å². The number of nitrogens with one attached hydrogen (secondary N) is 1. The molecule has 0 aliphatic rings. The van der Waals surface area contributed by atoms with E-state index in [0.717, 1.165) is 0 Å². The SMILES string of the molecule is COc1ccc2c(COC(=O)c3ccccc3NCCO)cc(=O)oc2c1. The number of carbonyl (C=O) groups excluding carboxylic acids is 1. The summed E-state index contributed by atoms with van der Waals surface area (Å²) in [5, 5.41) is 12.6. The van der Waals surface area contributed by atoms with Crippen LogP contribution in [-0.2, 0) is 11.3 Å². The molecule has 0 bridgehead atoms. The van der Waals surface area contributed by atoms with Crippen LogP contribution in [0.25, 0.3) is 11.0 Å². The fourth-order valence-corrected chi connectivity index (χ4v) is 2.68. The van der Waals surface area contributed by atoms with Crippen molar-refractivity contribution in [1.82, 2.24) is 0 Å². The number of para-hydroxylation sites is 1. The Bertz CT molecular complexity index is 1010. The van der Waals surface area contributed by atoms with E-state index in [9.17, 15) is 9.59 Å². The summed E-state index contributed by atoms with van der Waals surface area (Å²) in [6.07, 6.45) is 0. The zero-order chi connectivity index (χ0) is 19.2. The first-order valence-electron chi connectivity index (χ1n) is 8.34. The van der Waals surface area contributed by atoms with Crippen LogP contribution in [0.2, 0.25) is 0 Å². The molecule has 0 saturated carbocycles. The molecule has 0 unspecified atom stereocenters. The van der Waals surface area contributed by atoms with Gasteiger partial charge in [-0.3, -0.25) is 0 Å². The number of hydrogen-bond donors (Lipinski definition) is 2. The van der Waals surface area contributed by atoms with Gasteiger partial charge in [-0.05, 0) is 24.3 Å². The van der Waals surface area contributed by atoms with Gasteiger partial charge in [0.1, 0.15) is 17.9 Å². The zero-order valence-corrected chi connectivity index (χ0v) is 14.7. The standard InChI is InChI=1S/C20H19NO6/c1-25-14-6-7-15-13(10-19(23)27-18(15)11-14)12-26-20(24)16-4-2-3-5-17(16)21-8-9-22/h2-7,10-11,21-22H,8-9,12H2,1H3. The summed E-state index contributed by atoms with van der Waals surface area (Å²) in [6, 6.07) is 13.3. The summed E-state index contributed by atoms with van der Waals surface area (Å²) in [5.41, 5.74) is 1.28. The molecular formula is C20H19NO6. The van der Waals surface area contributed by atoms with Crippen LogP contribution in [0.1, 0.15) is 15.9 Å². The van der Waals surface area contributed by atoms with E-state index >= 15 is 0 Å². The lowest BCUT2D eigenvalue weighted by molar-refractivity contribution is 0.0475. The van der Waals surface area contributed by atoms with Gasteiger partial charge in [0.25, 0.3) is 0 Å². The van der Waals surface area contributed by atoms with Crippen molar-refractivity contribution in [2.45, 2.75) is 6.61 Å². The normalized spacial score (nSPS) is 10.6. The first-order valence-corrected chi connectivity index (χ1v) is 8.34. The summed E-state index contributed by atoms with van der Waals surface area (Å²) in [6.45, 7) is 0.177. The molecule has 0 atom stereocenters. The molecule has 7 nitrogen and oxygen atoms in total. The number of methoxy groups -OCH3 is 1. The van der Waals surface area contributed by atoms with E-state index in [1.165, 1.54) is 13.2 Å². The fourth-order valence-electron chi connectivity index (χ4n) is 2.68. The minimum Gasteiger partial charge on any atom is -0.497 e. The van der Waals surface area contributed by atoms with Crippen LogP contribution in [0.3, 0.4) is 0 Å². The molecule has 1 heterocycles. The zero-order valence-electron chi connectivity index (χ0n) is 14.7. The highest BCUT2D eigenvalue weighted by Gasteiger charge is 2.14. The van der Waals surface area contributed by atoms with Crippen LogP contribution in [0.15, 0.2) is 57.7 Å². The van der Waals surface area contributed by atoms with Gasteiger partial charge in [0.2, 0.25) is 0 Å². The van der Waals surface area contributed by atoms with Gasteiger partial charge in [0, 0.05) is 35.3 Å². The average Bonchev–Trinajstić information content (AvgIpc) is 2.69. The minimum absolute atomic E-state index is 0.0569. The Balaban J connectivity index is 1.83. The number of aliphatic hydroxyl groups excluding tert-OH is 1. The number of esters is 1. The summed E-state index contributed by atoms with van der Waals surface area (Å²) in [4.78, 5) is 24.3. The number of carbonyl (C=O) groups is 1. The Labute approximate surface area is 155 Å². The van der Waals surface area contributed by atoms with Crippen LogP contribution in [0.4, 0.5) is 5.69 Å². The van der Waals surface area contributed by atoms with Crippen LogP contribution < -0.4 is 15.7 Å². The molecule has 0 radical (unpaired) electrons. The van der Waals surface area contributed by atoms with Crippen molar-refractivity contribution >= 4 is 22.6 Å². The number of benzene rings is 2. The van der Waals surface area contributed by atoms with Crippen molar-refractivity contribution in [2.24, 2.45) is 0 Å². The number of aliphatic hydroxyl groups is 1. The summed E-state index contributed by atoms with van der Waals surface area (Å²) in [7, 11) is 1.52. The Hall–Kier alpha value is -3.32. The predicted octanol–water partition coefficient (Wildman–Crippen LogP) is 2.56. The fraction of sp³-hybridized carbons (Fsp3) is 0.200. The lowest BCUT2D eigenvalue weighted by Crippen LogP contribution is -2.13. The molecular weight excluding hydrogens is 350 g/mol. The molecule has 2 N–H and O–H groups in total. The number of rotatable bonds is 7. The molecule has 140 valence electrons. The van der Waals surface area contributed by atoms with Crippen LogP contribution >= 0.6 is 0 Å². The van der Waals surface area contributed by atoms with Crippen LogP contribution in [0.5, 0.6) is 5.75 Å². The monoisotopic (exact) mass is 369 g/mol. The van der Waals surface area contributed by atoms with E-state index in [1.54, 1.807) is 42.5 Å². The van der Waals surface area contributed by atoms with Gasteiger partial charge < -0.3 is 24.3 Å². The molecule has 0 aliphatic heterocycles. The van der Waals surface area contributed by atoms with Crippen LogP contribution in [0, 0.1) is 0 Å². The molecule has 2 aromatic carbocycles. The maximum atomic E-state index is 12.5. The lowest BCUT2D eigenvalue weighted by atomic mass is 10.1. The second kappa shape index (κ2) is 8.37.